The van der Waals surface area contributed by atoms with Crippen molar-refractivity contribution in [3.05, 3.63) is 46.0 Å². The van der Waals surface area contributed by atoms with Gasteiger partial charge in [-0.1, -0.05) is 30.3 Å². The highest BCUT2D eigenvalue weighted by molar-refractivity contribution is 5.79. The van der Waals surface area contributed by atoms with E-state index in [2.05, 4.69) is 0 Å². The standard InChI is InChI=1S/C15H19NO4/c1-11(17)13-10-15(16(19)20,9-8-14(13,2)18)12-6-4-3-5-7-12/h3-7,13,18H,8-10H2,1-2H3/t13-,14-,15-/m0/s1. The van der Waals surface area contributed by atoms with Crippen molar-refractivity contribution >= 4 is 5.78 Å². The third kappa shape index (κ3) is 2.33. The van der Waals surface area contributed by atoms with Crippen molar-refractivity contribution < 1.29 is 14.8 Å². The third-order valence-electron chi connectivity index (χ3n) is 4.49. The van der Waals surface area contributed by atoms with Crippen molar-refractivity contribution in [1.29, 1.82) is 0 Å². The number of rotatable bonds is 3. The van der Waals surface area contributed by atoms with Gasteiger partial charge in [-0.25, -0.2) is 0 Å². The summed E-state index contributed by atoms with van der Waals surface area (Å²) in [4.78, 5) is 23.1. The Bertz CT molecular complexity index is 526. The van der Waals surface area contributed by atoms with Crippen LogP contribution >= 0.6 is 0 Å². The summed E-state index contributed by atoms with van der Waals surface area (Å²) in [6, 6.07) is 8.77. The maximum atomic E-state index is 11.8. The molecule has 5 heteroatoms. The first-order chi connectivity index (χ1) is 9.29. The van der Waals surface area contributed by atoms with Gasteiger partial charge in [0.25, 0.3) is 0 Å². The zero-order valence-corrected chi connectivity index (χ0v) is 11.7. The zero-order chi connectivity index (χ0) is 15.0. The minimum absolute atomic E-state index is 0.0480. The molecule has 5 nitrogen and oxygen atoms in total. The molecule has 1 saturated carbocycles. The van der Waals surface area contributed by atoms with Gasteiger partial charge in [-0.15, -0.1) is 0 Å². The van der Waals surface area contributed by atoms with Crippen LogP contribution in [-0.2, 0) is 10.3 Å². The maximum absolute atomic E-state index is 11.8. The van der Waals surface area contributed by atoms with Crippen LogP contribution in [0.25, 0.3) is 0 Å². The Hall–Kier alpha value is -1.75. The molecular weight excluding hydrogens is 258 g/mol. The lowest BCUT2D eigenvalue weighted by Crippen LogP contribution is -2.52. The van der Waals surface area contributed by atoms with Gasteiger partial charge in [0, 0.05) is 23.3 Å². The number of carbonyl (C=O) groups is 1. The fraction of sp³-hybridized carbons (Fsp3) is 0.533. The predicted octanol–water partition coefficient (Wildman–Crippen LogP) is 2.30. The second-order valence-electron chi connectivity index (χ2n) is 5.88. The predicted molar refractivity (Wildman–Crippen MR) is 73.8 cm³/mol. The summed E-state index contributed by atoms with van der Waals surface area (Å²) in [5.74, 6) is -0.904. The van der Waals surface area contributed by atoms with E-state index in [1.54, 1.807) is 37.3 Å². The molecule has 0 radical (unpaired) electrons. The van der Waals surface area contributed by atoms with E-state index in [9.17, 15) is 20.0 Å². The molecular formula is C15H19NO4. The minimum Gasteiger partial charge on any atom is -0.389 e. The van der Waals surface area contributed by atoms with Crippen molar-refractivity contribution in [2.45, 2.75) is 44.2 Å². The van der Waals surface area contributed by atoms with Crippen LogP contribution in [0.1, 0.15) is 38.7 Å². The van der Waals surface area contributed by atoms with E-state index >= 15 is 0 Å². The summed E-state index contributed by atoms with van der Waals surface area (Å²) in [5.41, 5.74) is -1.84. The summed E-state index contributed by atoms with van der Waals surface area (Å²) < 4.78 is 0. The highest BCUT2D eigenvalue weighted by Crippen LogP contribution is 2.46. The van der Waals surface area contributed by atoms with Gasteiger partial charge in [0.1, 0.15) is 5.78 Å². The summed E-state index contributed by atoms with van der Waals surface area (Å²) in [5, 5.41) is 22.0. The second kappa shape index (κ2) is 4.98. The lowest BCUT2D eigenvalue weighted by atomic mass is 9.65. The van der Waals surface area contributed by atoms with Crippen molar-refractivity contribution in [1.82, 2.24) is 0 Å². The molecule has 1 fully saturated rings. The molecule has 1 aromatic rings. The summed E-state index contributed by atoms with van der Waals surface area (Å²) in [6.45, 7) is 2.98. The number of aliphatic hydroxyl groups is 1. The molecule has 1 aliphatic carbocycles. The molecule has 1 aliphatic rings. The van der Waals surface area contributed by atoms with Gasteiger partial charge >= 0.3 is 0 Å². The molecule has 0 saturated heterocycles. The van der Waals surface area contributed by atoms with Crippen LogP contribution in [-0.4, -0.2) is 21.4 Å². The van der Waals surface area contributed by atoms with Crippen LogP contribution in [0.2, 0.25) is 0 Å². The molecule has 1 aromatic carbocycles. The SMILES string of the molecule is CC(=O)[C@@H]1C[C@@](c2ccccc2)([N+](=O)[O-])CC[C@]1(C)O. The highest BCUT2D eigenvalue weighted by atomic mass is 16.6. The quantitative estimate of drug-likeness (QED) is 0.679. The van der Waals surface area contributed by atoms with Gasteiger partial charge in [-0.05, 0) is 20.3 Å². The van der Waals surface area contributed by atoms with Gasteiger partial charge in [0.05, 0.1) is 11.5 Å². The minimum atomic E-state index is -1.28. The average molecular weight is 277 g/mol. The molecule has 0 bridgehead atoms. The van der Waals surface area contributed by atoms with Gasteiger partial charge in [0.2, 0.25) is 5.54 Å². The van der Waals surface area contributed by atoms with E-state index in [0.717, 1.165) is 0 Å². The number of benzene rings is 1. The van der Waals surface area contributed by atoms with Crippen molar-refractivity contribution in [3.8, 4) is 0 Å². The Morgan fingerprint density at radius 2 is 1.95 bits per heavy atom. The van der Waals surface area contributed by atoms with Crippen molar-refractivity contribution in [2.75, 3.05) is 0 Å². The van der Waals surface area contributed by atoms with Gasteiger partial charge in [-0.2, -0.15) is 0 Å². The van der Waals surface area contributed by atoms with E-state index in [1.165, 1.54) is 6.92 Å². The van der Waals surface area contributed by atoms with Gasteiger partial charge < -0.3 is 5.11 Å². The first-order valence-corrected chi connectivity index (χ1v) is 6.72. The summed E-state index contributed by atoms with van der Waals surface area (Å²) >= 11 is 0. The van der Waals surface area contributed by atoms with Crippen LogP contribution in [0, 0.1) is 16.0 Å². The highest BCUT2D eigenvalue weighted by Gasteiger charge is 2.55. The fourth-order valence-corrected chi connectivity index (χ4v) is 3.16. The van der Waals surface area contributed by atoms with Crippen molar-refractivity contribution in [2.24, 2.45) is 5.92 Å². The third-order valence-corrected chi connectivity index (χ3v) is 4.49. The Labute approximate surface area is 117 Å². The molecule has 0 aromatic heterocycles. The molecule has 0 amide bonds. The molecule has 2 rings (SSSR count). The first-order valence-electron chi connectivity index (χ1n) is 6.72. The smallest absolute Gasteiger partial charge is 0.248 e. The van der Waals surface area contributed by atoms with Crippen LogP contribution in [0.3, 0.4) is 0 Å². The Morgan fingerprint density at radius 3 is 2.45 bits per heavy atom. The summed E-state index contributed by atoms with van der Waals surface area (Å²) in [6.07, 6.45) is 0.528. The monoisotopic (exact) mass is 277 g/mol. The molecule has 108 valence electrons. The number of nitro groups is 1. The van der Waals surface area contributed by atoms with Crippen LogP contribution in [0.4, 0.5) is 0 Å². The van der Waals surface area contributed by atoms with Crippen molar-refractivity contribution in [3.63, 3.8) is 0 Å². The lowest BCUT2D eigenvalue weighted by Gasteiger charge is -2.42. The number of nitrogens with zero attached hydrogens (tertiary/aromatic N) is 1. The normalized spacial score (nSPS) is 33.6. The second-order valence-corrected chi connectivity index (χ2v) is 5.88. The topological polar surface area (TPSA) is 80.4 Å². The molecule has 0 unspecified atom stereocenters. The van der Waals surface area contributed by atoms with E-state index in [-0.39, 0.29) is 30.0 Å². The molecule has 0 heterocycles. The Balaban J connectivity index is 2.46. The van der Waals surface area contributed by atoms with E-state index in [4.69, 9.17) is 0 Å². The van der Waals surface area contributed by atoms with E-state index in [1.807, 2.05) is 0 Å². The Morgan fingerprint density at radius 1 is 1.35 bits per heavy atom. The number of hydrogen-bond donors (Lipinski definition) is 1. The van der Waals surface area contributed by atoms with Crippen LogP contribution < -0.4 is 0 Å². The Kier molecular flexibility index (Phi) is 3.65. The van der Waals surface area contributed by atoms with E-state index < -0.39 is 17.1 Å². The fourth-order valence-electron chi connectivity index (χ4n) is 3.16. The summed E-state index contributed by atoms with van der Waals surface area (Å²) in [7, 11) is 0. The number of Topliss-reactive ketones (excluding diaryl/α,β-unsaturated/α-hetero) is 1. The molecule has 0 aliphatic heterocycles. The first kappa shape index (κ1) is 14.7. The maximum Gasteiger partial charge on any atom is 0.248 e. The van der Waals surface area contributed by atoms with Crippen LogP contribution in [0.15, 0.2) is 30.3 Å². The van der Waals surface area contributed by atoms with Gasteiger partial charge in [-0.3, -0.25) is 14.9 Å². The lowest BCUT2D eigenvalue weighted by molar-refractivity contribution is -0.588. The molecule has 0 spiro atoms. The van der Waals surface area contributed by atoms with Gasteiger partial charge in [0.15, 0.2) is 0 Å². The number of carbonyl (C=O) groups excluding carboxylic acids is 1. The molecule has 3 atom stereocenters. The molecule has 20 heavy (non-hydrogen) atoms. The van der Waals surface area contributed by atoms with E-state index in [0.29, 0.717) is 5.56 Å². The average Bonchev–Trinajstić information content (AvgIpc) is 2.39. The largest absolute Gasteiger partial charge is 0.389 e. The molecule has 1 N–H and O–H groups in total. The number of ketones is 1. The number of hydrogen-bond acceptors (Lipinski definition) is 4. The van der Waals surface area contributed by atoms with Crippen LogP contribution in [0.5, 0.6) is 0 Å². The zero-order valence-electron chi connectivity index (χ0n) is 11.7.